The number of carbonyl (C=O) groups is 2. The van der Waals surface area contributed by atoms with Crippen molar-refractivity contribution in [2.45, 2.75) is 19.4 Å². The Balaban J connectivity index is 1.71. The number of carbonyl (C=O) groups excluding carboxylic acids is 2. The Hall–Kier alpha value is -3.53. The summed E-state index contributed by atoms with van der Waals surface area (Å²) in [6.07, 6.45) is -0.844. The molecule has 1 aliphatic heterocycles. The van der Waals surface area contributed by atoms with Gasteiger partial charge in [-0.1, -0.05) is 18.2 Å². The summed E-state index contributed by atoms with van der Waals surface area (Å²) in [7, 11) is 0. The van der Waals surface area contributed by atoms with Gasteiger partial charge in [0.25, 0.3) is 5.91 Å². The Labute approximate surface area is 163 Å². The third kappa shape index (κ3) is 4.41. The zero-order valence-corrected chi connectivity index (χ0v) is 15.5. The molecule has 1 heterocycles. The minimum absolute atomic E-state index is 0.170. The van der Waals surface area contributed by atoms with E-state index < -0.39 is 18.0 Å². The lowest BCUT2D eigenvalue weighted by Gasteiger charge is -2.25. The van der Waals surface area contributed by atoms with Crippen molar-refractivity contribution in [2.24, 2.45) is 0 Å². The molecule has 0 fully saturated rings. The molecule has 0 aromatic heterocycles. The summed E-state index contributed by atoms with van der Waals surface area (Å²) in [6, 6.07) is 15.7. The van der Waals surface area contributed by atoms with Crippen molar-refractivity contribution in [1.82, 2.24) is 0 Å². The summed E-state index contributed by atoms with van der Waals surface area (Å²) in [6.45, 7) is 2.59. The van der Waals surface area contributed by atoms with Crippen LogP contribution in [0.5, 0.6) is 11.5 Å². The number of nitrogens with zero attached hydrogens (tertiary/aromatic N) is 2. The lowest BCUT2D eigenvalue weighted by atomic mass is 10.2. The molecule has 0 unspecified atom stereocenters. The molecule has 2 aromatic rings. The van der Waals surface area contributed by atoms with Gasteiger partial charge in [-0.15, -0.1) is 0 Å². The van der Waals surface area contributed by atoms with Crippen LogP contribution in [0.2, 0.25) is 0 Å². The fourth-order valence-electron chi connectivity index (χ4n) is 2.81. The number of nitriles is 1. The van der Waals surface area contributed by atoms with Crippen molar-refractivity contribution >= 4 is 17.6 Å². The summed E-state index contributed by atoms with van der Waals surface area (Å²) >= 11 is 0. The van der Waals surface area contributed by atoms with E-state index in [4.69, 9.17) is 19.5 Å². The number of hydrogen-bond donors (Lipinski definition) is 0. The summed E-state index contributed by atoms with van der Waals surface area (Å²) in [5.41, 5.74) is 0.914. The quantitative estimate of drug-likeness (QED) is 0.716. The molecule has 0 bridgehead atoms. The van der Waals surface area contributed by atoms with Gasteiger partial charge in [-0.25, -0.2) is 4.79 Å². The second kappa shape index (κ2) is 8.91. The van der Waals surface area contributed by atoms with E-state index in [-0.39, 0.29) is 18.5 Å². The lowest BCUT2D eigenvalue weighted by molar-refractivity contribution is -0.126. The number of anilines is 1. The molecule has 144 valence electrons. The Kier molecular flexibility index (Phi) is 6.12. The second-order valence-electron chi connectivity index (χ2n) is 6.14. The number of amides is 1. The SMILES string of the molecule is C[C@@H](OC(=O)c1ccc2c(c1)OCCO2)C(=O)N(CCC#N)c1ccccc1. The molecule has 7 nitrogen and oxygen atoms in total. The van der Waals surface area contributed by atoms with Crippen molar-refractivity contribution in [3.63, 3.8) is 0 Å². The largest absolute Gasteiger partial charge is 0.486 e. The highest BCUT2D eigenvalue weighted by Crippen LogP contribution is 2.31. The molecule has 28 heavy (non-hydrogen) atoms. The van der Waals surface area contributed by atoms with Gasteiger partial charge in [0.2, 0.25) is 0 Å². The van der Waals surface area contributed by atoms with E-state index in [1.807, 2.05) is 12.1 Å². The minimum Gasteiger partial charge on any atom is -0.486 e. The maximum Gasteiger partial charge on any atom is 0.339 e. The fourth-order valence-corrected chi connectivity index (χ4v) is 2.81. The van der Waals surface area contributed by atoms with Gasteiger partial charge in [0, 0.05) is 12.2 Å². The molecular formula is C21H20N2O5. The highest BCUT2D eigenvalue weighted by atomic mass is 16.6. The van der Waals surface area contributed by atoms with Crippen molar-refractivity contribution < 1.29 is 23.8 Å². The Bertz CT molecular complexity index is 891. The second-order valence-corrected chi connectivity index (χ2v) is 6.14. The van der Waals surface area contributed by atoms with Crippen LogP contribution in [0.15, 0.2) is 48.5 Å². The first-order valence-corrected chi connectivity index (χ1v) is 8.94. The number of rotatable bonds is 6. The Morgan fingerprint density at radius 1 is 1.14 bits per heavy atom. The first kappa shape index (κ1) is 19.2. The first-order chi connectivity index (χ1) is 13.6. The summed E-state index contributed by atoms with van der Waals surface area (Å²) in [5, 5.41) is 8.88. The van der Waals surface area contributed by atoms with E-state index in [1.54, 1.807) is 42.5 Å². The van der Waals surface area contributed by atoms with Crippen LogP contribution in [-0.4, -0.2) is 37.7 Å². The number of para-hydroxylation sites is 1. The van der Waals surface area contributed by atoms with Crippen LogP contribution in [0, 0.1) is 11.3 Å². The molecule has 0 aliphatic carbocycles. The van der Waals surface area contributed by atoms with Crippen LogP contribution in [0.25, 0.3) is 0 Å². The van der Waals surface area contributed by atoms with E-state index in [1.165, 1.54) is 11.8 Å². The number of ether oxygens (including phenoxy) is 3. The number of esters is 1. The van der Waals surface area contributed by atoms with Crippen LogP contribution in [0.3, 0.4) is 0 Å². The van der Waals surface area contributed by atoms with Crippen LogP contribution >= 0.6 is 0 Å². The Morgan fingerprint density at radius 3 is 2.57 bits per heavy atom. The molecule has 2 aromatic carbocycles. The number of fused-ring (bicyclic) bond motifs is 1. The van der Waals surface area contributed by atoms with Crippen molar-refractivity contribution in [3.05, 3.63) is 54.1 Å². The highest BCUT2D eigenvalue weighted by Gasteiger charge is 2.26. The van der Waals surface area contributed by atoms with Gasteiger partial charge in [0.15, 0.2) is 17.6 Å². The normalized spacial score (nSPS) is 13.1. The van der Waals surface area contributed by atoms with Crippen LogP contribution in [0.4, 0.5) is 5.69 Å². The number of benzene rings is 2. The zero-order valence-electron chi connectivity index (χ0n) is 15.5. The smallest absolute Gasteiger partial charge is 0.339 e. The first-order valence-electron chi connectivity index (χ1n) is 8.94. The number of hydrogen-bond acceptors (Lipinski definition) is 6. The van der Waals surface area contributed by atoms with E-state index >= 15 is 0 Å². The average Bonchev–Trinajstić information content (AvgIpc) is 2.74. The van der Waals surface area contributed by atoms with Crippen LogP contribution < -0.4 is 14.4 Å². The van der Waals surface area contributed by atoms with Gasteiger partial charge in [-0.05, 0) is 37.3 Å². The molecule has 0 N–H and O–H groups in total. The predicted molar refractivity (Wildman–Crippen MR) is 101 cm³/mol. The van der Waals surface area contributed by atoms with E-state index in [0.717, 1.165) is 0 Å². The van der Waals surface area contributed by atoms with Gasteiger partial charge in [0.05, 0.1) is 18.1 Å². The van der Waals surface area contributed by atoms with Gasteiger partial charge >= 0.3 is 5.97 Å². The molecule has 0 saturated carbocycles. The van der Waals surface area contributed by atoms with Crippen molar-refractivity contribution in [2.75, 3.05) is 24.7 Å². The topological polar surface area (TPSA) is 88.9 Å². The molecule has 7 heteroatoms. The maximum absolute atomic E-state index is 12.8. The van der Waals surface area contributed by atoms with Crippen LogP contribution in [0.1, 0.15) is 23.7 Å². The fraction of sp³-hybridized carbons (Fsp3) is 0.286. The van der Waals surface area contributed by atoms with Crippen molar-refractivity contribution in [3.8, 4) is 17.6 Å². The molecule has 1 aliphatic rings. The maximum atomic E-state index is 12.8. The monoisotopic (exact) mass is 380 g/mol. The van der Waals surface area contributed by atoms with E-state index in [0.29, 0.717) is 30.4 Å². The van der Waals surface area contributed by atoms with E-state index in [9.17, 15) is 9.59 Å². The lowest BCUT2D eigenvalue weighted by Crippen LogP contribution is -2.40. The van der Waals surface area contributed by atoms with Gasteiger partial charge in [0.1, 0.15) is 13.2 Å². The molecule has 3 rings (SSSR count). The Morgan fingerprint density at radius 2 is 1.86 bits per heavy atom. The van der Waals surface area contributed by atoms with E-state index in [2.05, 4.69) is 0 Å². The minimum atomic E-state index is -1.01. The predicted octanol–water partition coefficient (Wildman–Crippen LogP) is 2.95. The zero-order chi connectivity index (χ0) is 19.9. The van der Waals surface area contributed by atoms with Gasteiger partial charge in [-0.3, -0.25) is 4.79 Å². The summed E-state index contributed by atoms with van der Waals surface area (Å²) in [5.74, 6) is 0.0109. The molecule has 1 atom stereocenters. The molecule has 0 radical (unpaired) electrons. The summed E-state index contributed by atoms with van der Waals surface area (Å²) in [4.78, 5) is 26.8. The molecule has 0 saturated heterocycles. The standard InChI is InChI=1S/C21H20N2O5/c1-15(20(24)23(11-5-10-22)17-6-3-2-4-7-17)28-21(25)16-8-9-18-19(14-16)27-13-12-26-18/h2-4,6-9,14-15H,5,11-13H2,1H3/t15-/m1/s1. The molecule has 0 spiro atoms. The molecular weight excluding hydrogens is 360 g/mol. The van der Waals surface area contributed by atoms with Crippen molar-refractivity contribution in [1.29, 1.82) is 5.26 Å². The van der Waals surface area contributed by atoms with Gasteiger partial charge in [-0.2, -0.15) is 5.26 Å². The molecule has 1 amide bonds. The third-order valence-corrected chi connectivity index (χ3v) is 4.19. The average molecular weight is 380 g/mol. The van der Waals surface area contributed by atoms with Crippen LogP contribution in [-0.2, 0) is 9.53 Å². The third-order valence-electron chi connectivity index (χ3n) is 4.19. The summed E-state index contributed by atoms with van der Waals surface area (Å²) < 4.78 is 16.3. The highest BCUT2D eigenvalue weighted by molar-refractivity contribution is 5.99. The van der Waals surface area contributed by atoms with Gasteiger partial charge < -0.3 is 19.1 Å².